The van der Waals surface area contributed by atoms with Gasteiger partial charge < -0.3 is 16.0 Å². The second-order valence-corrected chi connectivity index (χ2v) is 8.34. The molecule has 2 aliphatic rings. The van der Waals surface area contributed by atoms with Crippen LogP contribution in [0.3, 0.4) is 0 Å². The molecule has 27 heavy (non-hydrogen) atoms. The summed E-state index contributed by atoms with van der Waals surface area (Å²) in [6.45, 7) is 1.49. The van der Waals surface area contributed by atoms with Crippen molar-refractivity contribution in [3.63, 3.8) is 0 Å². The highest BCUT2D eigenvalue weighted by Gasteiger charge is 2.39. The number of amides is 2. The third-order valence-corrected chi connectivity index (χ3v) is 6.16. The van der Waals surface area contributed by atoms with E-state index in [-0.39, 0.29) is 17.9 Å². The summed E-state index contributed by atoms with van der Waals surface area (Å²) in [6, 6.07) is 16.7. The monoisotopic (exact) mass is 381 g/mol. The van der Waals surface area contributed by atoms with Crippen LogP contribution in [-0.4, -0.2) is 29.9 Å². The van der Waals surface area contributed by atoms with E-state index in [1.54, 1.807) is 11.8 Å². The van der Waals surface area contributed by atoms with Gasteiger partial charge in [-0.25, -0.2) is 0 Å². The molecule has 2 aromatic rings. The zero-order valence-corrected chi connectivity index (χ0v) is 16.0. The Morgan fingerprint density at radius 1 is 1.00 bits per heavy atom. The highest BCUT2D eigenvalue weighted by Crippen LogP contribution is 2.30. The topological polar surface area (TPSA) is 70.2 Å². The average Bonchev–Trinajstić information content (AvgIpc) is 3.26. The van der Waals surface area contributed by atoms with Crippen molar-refractivity contribution >= 4 is 29.3 Å². The number of benzene rings is 2. The lowest BCUT2D eigenvalue weighted by Crippen LogP contribution is -2.42. The molecule has 2 amide bonds. The largest absolute Gasteiger partial charge is 0.348 e. The van der Waals surface area contributed by atoms with Crippen molar-refractivity contribution in [2.45, 2.75) is 54.1 Å². The molecule has 2 heterocycles. The maximum Gasteiger partial charge on any atom is 0.251 e. The zero-order chi connectivity index (χ0) is 18.8. The van der Waals surface area contributed by atoms with E-state index in [1.165, 1.54) is 13.3 Å². The summed E-state index contributed by atoms with van der Waals surface area (Å²) in [5.41, 5.74) is 1.48. The first-order chi connectivity index (χ1) is 13.1. The number of rotatable bonds is 5. The van der Waals surface area contributed by atoms with Crippen molar-refractivity contribution in [2.24, 2.45) is 0 Å². The van der Waals surface area contributed by atoms with E-state index in [4.69, 9.17) is 0 Å². The molecular weight excluding hydrogens is 358 g/mol. The molecule has 4 rings (SSSR count). The fourth-order valence-electron chi connectivity index (χ4n) is 3.86. The summed E-state index contributed by atoms with van der Waals surface area (Å²) in [5.74, 6) is -0.0731. The molecule has 0 aromatic heterocycles. The molecule has 2 aromatic carbocycles. The van der Waals surface area contributed by atoms with E-state index < -0.39 is 0 Å². The van der Waals surface area contributed by atoms with Crippen LogP contribution in [0.1, 0.15) is 36.5 Å². The third kappa shape index (κ3) is 4.34. The molecule has 0 radical (unpaired) electrons. The minimum atomic E-state index is -0.0783. The quantitative estimate of drug-likeness (QED) is 0.742. The maximum absolute atomic E-state index is 12.5. The van der Waals surface area contributed by atoms with Crippen molar-refractivity contribution in [1.29, 1.82) is 0 Å². The van der Waals surface area contributed by atoms with Crippen molar-refractivity contribution in [3.05, 3.63) is 54.1 Å². The molecule has 140 valence electrons. The minimum Gasteiger partial charge on any atom is -0.348 e. The first-order valence-electron chi connectivity index (χ1n) is 9.29. The van der Waals surface area contributed by atoms with E-state index in [9.17, 15) is 9.59 Å². The van der Waals surface area contributed by atoms with Crippen LogP contribution in [0.25, 0.3) is 0 Å². The SMILES string of the molecule is CC(=O)Nc1ccc(Sc2ccc(C(=O)NC3CC4CCC3N4)cc2)cc1. The van der Waals surface area contributed by atoms with Crippen LogP contribution in [-0.2, 0) is 4.79 Å². The molecule has 3 N–H and O–H groups in total. The van der Waals surface area contributed by atoms with Gasteiger partial charge in [-0.3, -0.25) is 9.59 Å². The molecule has 3 atom stereocenters. The molecular formula is C21H23N3O2S. The molecule has 2 aliphatic heterocycles. The Hall–Kier alpha value is -2.31. The van der Waals surface area contributed by atoms with Crippen LogP contribution in [0, 0.1) is 0 Å². The van der Waals surface area contributed by atoms with Gasteiger partial charge in [0.1, 0.15) is 0 Å². The van der Waals surface area contributed by atoms with Crippen molar-refractivity contribution in [3.8, 4) is 0 Å². The van der Waals surface area contributed by atoms with Gasteiger partial charge in [-0.2, -0.15) is 0 Å². The Morgan fingerprint density at radius 2 is 1.67 bits per heavy atom. The first kappa shape index (κ1) is 18.1. The number of hydrogen-bond acceptors (Lipinski definition) is 4. The van der Waals surface area contributed by atoms with Gasteiger partial charge >= 0.3 is 0 Å². The Bertz CT molecular complexity index is 836. The van der Waals surface area contributed by atoms with Gasteiger partial charge in [-0.1, -0.05) is 11.8 Å². The average molecular weight is 382 g/mol. The number of fused-ring (bicyclic) bond motifs is 2. The van der Waals surface area contributed by atoms with Gasteiger partial charge in [0.15, 0.2) is 0 Å². The summed E-state index contributed by atoms with van der Waals surface area (Å²) in [7, 11) is 0. The number of carbonyl (C=O) groups excluding carboxylic acids is 2. The van der Waals surface area contributed by atoms with E-state index in [1.807, 2.05) is 48.5 Å². The van der Waals surface area contributed by atoms with Gasteiger partial charge in [0, 0.05) is 46.1 Å². The number of anilines is 1. The molecule has 0 spiro atoms. The number of carbonyl (C=O) groups is 2. The van der Waals surface area contributed by atoms with Gasteiger partial charge in [0.2, 0.25) is 5.91 Å². The van der Waals surface area contributed by atoms with Crippen molar-refractivity contribution in [2.75, 3.05) is 5.32 Å². The summed E-state index contributed by atoms with van der Waals surface area (Å²) >= 11 is 1.62. The zero-order valence-electron chi connectivity index (χ0n) is 15.2. The van der Waals surface area contributed by atoms with Gasteiger partial charge in [0.05, 0.1) is 0 Å². The fourth-order valence-corrected chi connectivity index (χ4v) is 4.67. The summed E-state index contributed by atoms with van der Waals surface area (Å²) < 4.78 is 0. The molecule has 3 unspecified atom stereocenters. The molecule has 2 fully saturated rings. The molecule has 0 aliphatic carbocycles. The van der Waals surface area contributed by atoms with Crippen LogP contribution < -0.4 is 16.0 Å². The Morgan fingerprint density at radius 3 is 2.22 bits per heavy atom. The molecule has 6 heteroatoms. The van der Waals surface area contributed by atoms with Crippen LogP contribution >= 0.6 is 11.8 Å². The third-order valence-electron chi connectivity index (χ3n) is 5.14. The normalized spacial score (nSPS) is 23.2. The lowest BCUT2D eigenvalue weighted by molar-refractivity contribution is -0.114. The second-order valence-electron chi connectivity index (χ2n) is 7.20. The number of hydrogen-bond donors (Lipinski definition) is 3. The summed E-state index contributed by atoms with van der Waals surface area (Å²) in [5, 5.41) is 9.48. The molecule has 2 bridgehead atoms. The van der Waals surface area contributed by atoms with E-state index in [0.29, 0.717) is 17.6 Å². The van der Waals surface area contributed by atoms with Gasteiger partial charge in [-0.05, 0) is 67.8 Å². The Balaban J connectivity index is 1.34. The van der Waals surface area contributed by atoms with E-state index in [2.05, 4.69) is 16.0 Å². The predicted octanol–water partition coefficient (Wildman–Crippen LogP) is 3.42. The van der Waals surface area contributed by atoms with Crippen LogP contribution in [0.4, 0.5) is 5.69 Å². The second kappa shape index (κ2) is 7.74. The fraction of sp³-hybridized carbons (Fsp3) is 0.333. The number of nitrogens with one attached hydrogen (secondary N) is 3. The van der Waals surface area contributed by atoms with Crippen molar-refractivity contribution in [1.82, 2.24) is 10.6 Å². The minimum absolute atomic E-state index is 0.00515. The Labute approximate surface area is 163 Å². The summed E-state index contributed by atoms with van der Waals surface area (Å²) in [4.78, 5) is 25.7. The predicted molar refractivity (Wildman–Crippen MR) is 107 cm³/mol. The first-order valence-corrected chi connectivity index (χ1v) is 10.1. The summed E-state index contributed by atoms with van der Waals surface area (Å²) in [6.07, 6.45) is 3.43. The molecule has 0 saturated carbocycles. The van der Waals surface area contributed by atoms with Crippen LogP contribution in [0.5, 0.6) is 0 Å². The van der Waals surface area contributed by atoms with Crippen LogP contribution in [0.15, 0.2) is 58.3 Å². The van der Waals surface area contributed by atoms with E-state index in [0.717, 1.165) is 28.3 Å². The Kier molecular flexibility index (Phi) is 5.18. The lowest BCUT2D eigenvalue weighted by Gasteiger charge is -2.21. The smallest absolute Gasteiger partial charge is 0.251 e. The molecule has 5 nitrogen and oxygen atoms in total. The lowest BCUT2D eigenvalue weighted by atomic mass is 9.95. The van der Waals surface area contributed by atoms with Crippen LogP contribution in [0.2, 0.25) is 0 Å². The molecule has 2 saturated heterocycles. The highest BCUT2D eigenvalue weighted by molar-refractivity contribution is 7.99. The van der Waals surface area contributed by atoms with Gasteiger partial charge in [0.25, 0.3) is 5.91 Å². The highest BCUT2D eigenvalue weighted by atomic mass is 32.2. The van der Waals surface area contributed by atoms with Gasteiger partial charge in [-0.15, -0.1) is 0 Å². The van der Waals surface area contributed by atoms with E-state index >= 15 is 0 Å². The van der Waals surface area contributed by atoms with Crippen molar-refractivity contribution < 1.29 is 9.59 Å². The standard InChI is InChI=1S/C21H23N3O2S/c1-13(25)22-15-4-9-18(10-5-15)27-17-7-2-14(3-8-17)21(26)24-20-12-16-6-11-19(20)23-16/h2-5,7-10,16,19-20,23H,6,11-12H2,1H3,(H,22,25)(H,24,26). The maximum atomic E-state index is 12.5.